The summed E-state index contributed by atoms with van der Waals surface area (Å²) in [6, 6.07) is 0. The van der Waals surface area contributed by atoms with Gasteiger partial charge in [0.1, 0.15) is 0 Å². The normalized spacial score (nSPS) is 30.9. The molecular weight excluding hydrogens is 190 g/mol. The average Bonchev–Trinajstić information content (AvgIpc) is 2.56. The molecular formula is C7H11N3O4. The Morgan fingerprint density at radius 2 is 2.57 bits per heavy atom. The second-order valence-electron chi connectivity index (χ2n) is 2.90. The minimum atomic E-state index is -0.787. The van der Waals surface area contributed by atoms with Gasteiger partial charge in [0.2, 0.25) is 0 Å². The molecule has 78 valence electrons. The van der Waals surface area contributed by atoms with E-state index < -0.39 is 24.3 Å². The third kappa shape index (κ3) is 2.35. The summed E-state index contributed by atoms with van der Waals surface area (Å²) in [7, 11) is 1.25. The Labute approximate surface area is 80.2 Å². The molecule has 7 nitrogen and oxygen atoms in total. The van der Waals surface area contributed by atoms with Crippen molar-refractivity contribution in [3.05, 3.63) is 10.4 Å². The molecule has 0 aromatic rings. The third-order valence-electron chi connectivity index (χ3n) is 2.01. The molecule has 1 heterocycles. The highest BCUT2D eigenvalue weighted by atomic mass is 16.6. The van der Waals surface area contributed by atoms with Crippen LogP contribution in [0.2, 0.25) is 0 Å². The van der Waals surface area contributed by atoms with Gasteiger partial charge in [-0.25, -0.2) is 4.79 Å². The molecule has 1 aliphatic rings. The van der Waals surface area contributed by atoms with E-state index in [4.69, 9.17) is 10.3 Å². The van der Waals surface area contributed by atoms with E-state index in [1.54, 1.807) is 0 Å². The Balaban J connectivity index is 2.50. The average molecular weight is 201 g/mol. The van der Waals surface area contributed by atoms with Crippen molar-refractivity contribution in [1.82, 2.24) is 0 Å². The fourth-order valence-corrected chi connectivity index (χ4v) is 1.29. The molecule has 0 saturated carbocycles. The van der Waals surface area contributed by atoms with Crippen molar-refractivity contribution < 1.29 is 19.4 Å². The fourth-order valence-electron chi connectivity index (χ4n) is 1.29. The number of aliphatic hydroxyl groups excluding tert-OH is 1. The molecule has 7 heteroatoms. The van der Waals surface area contributed by atoms with Crippen LogP contribution < -0.4 is 0 Å². The predicted molar refractivity (Wildman–Crippen MR) is 45.3 cm³/mol. The van der Waals surface area contributed by atoms with Crippen LogP contribution >= 0.6 is 0 Å². The lowest BCUT2D eigenvalue weighted by atomic mass is 10.1. The van der Waals surface area contributed by atoms with Crippen molar-refractivity contribution in [3.8, 4) is 0 Å². The van der Waals surface area contributed by atoms with Crippen LogP contribution in [0, 0.1) is 0 Å². The molecule has 0 bridgehead atoms. The van der Waals surface area contributed by atoms with Crippen LogP contribution in [0.1, 0.15) is 6.42 Å². The quantitative estimate of drug-likeness (QED) is 0.300. The summed E-state index contributed by atoms with van der Waals surface area (Å²) in [4.78, 5) is 13.6. The van der Waals surface area contributed by atoms with Gasteiger partial charge in [0.25, 0.3) is 0 Å². The topological polar surface area (TPSA) is 105 Å². The van der Waals surface area contributed by atoms with Crippen LogP contribution in [0.4, 0.5) is 0 Å². The molecule has 1 saturated heterocycles. The van der Waals surface area contributed by atoms with Crippen LogP contribution in [0.5, 0.6) is 0 Å². The van der Waals surface area contributed by atoms with Gasteiger partial charge < -0.3 is 14.6 Å². The van der Waals surface area contributed by atoms with Gasteiger partial charge in [-0.15, -0.1) is 0 Å². The third-order valence-corrected chi connectivity index (χ3v) is 2.01. The number of hydrogen-bond donors (Lipinski definition) is 1. The second-order valence-corrected chi connectivity index (χ2v) is 2.90. The summed E-state index contributed by atoms with van der Waals surface area (Å²) in [5, 5.41) is 12.7. The number of methoxy groups -OCH3 is 1. The second kappa shape index (κ2) is 4.80. The zero-order valence-electron chi connectivity index (χ0n) is 7.66. The van der Waals surface area contributed by atoms with Crippen molar-refractivity contribution in [2.24, 2.45) is 5.11 Å². The fraction of sp³-hybridized carbons (Fsp3) is 0.857. The van der Waals surface area contributed by atoms with Gasteiger partial charge in [-0.3, -0.25) is 0 Å². The molecule has 0 spiro atoms. The molecule has 14 heavy (non-hydrogen) atoms. The number of carbonyl (C=O) groups is 1. The van der Waals surface area contributed by atoms with E-state index >= 15 is 0 Å². The minimum absolute atomic E-state index is 0.0190. The number of nitrogens with zero attached hydrogens (tertiary/aromatic N) is 3. The van der Waals surface area contributed by atoms with Gasteiger partial charge in [0.05, 0.1) is 25.9 Å². The van der Waals surface area contributed by atoms with Gasteiger partial charge in [0, 0.05) is 11.3 Å². The molecule has 0 aromatic carbocycles. The van der Waals surface area contributed by atoms with Crippen molar-refractivity contribution in [2.45, 2.75) is 24.7 Å². The lowest BCUT2D eigenvalue weighted by Gasteiger charge is -2.10. The molecule has 0 radical (unpaired) electrons. The maximum Gasteiger partial charge on any atom is 0.335 e. The number of aliphatic hydroxyl groups is 1. The maximum atomic E-state index is 11.0. The van der Waals surface area contributed by atoms with Crippen LogP contribution in [-0.2, 0) is 14.3 Å². The number of hydrogen-bond acceptors (Lipinski definition) is 5. The SMILES string of the molecule is COC(=O)[C@H]1C[C@H](O)[C@@H](CN=[N+]=[N-])O1. The Morgan fingerprint density at radius 1 is 1.86 bits per heavy atom. The Bertz CT molecular complexity index is 264. The van der Waals surface area contributed by atoms with E-state index in [0.29, 0.717) is 0 Å². The van der Waals surface area contributed by atoms with Crippen LogP contribution in [0.25, 0.3) is 10.4 Å². The first-order valence-corrected chi connectivity index (χ1v) is 4.11. The first-order valence-electron chi connectivity index (χ1n) is 4.11. The number of azide groups is 1. The van der Waals surface area contributed by atoms with Crippen molar-refractivity contribution in [2.75, 3.05) is 13.7 Å². The van der Waals surface area contributed by atoms with Gasteiger partial charge in [-0.05, 0) is 5.53 Å². The first-order chi connectivity index (χ1) is 6.69. The summed E-state index contributed by atoms with van der Waals surface area (Å²) in [5.41, 5.74) is 8.06. The van der Waals surface area contributed by atoms with Gasteiger partial charge in [0.15, 0.2) is 6.10 Å². The molecule has 0 aromatic heterocycles. The van der Waals surface area contributed by atoms with Crippen molar-refractivity contribution >= 4 is 5.97 Å². The van der Waals surface area contributed by atoms with E-state index in [1.165, 1.54) is 7.11 Å². The highest BCUT2D eigenvalue weighted by molar-refractivity contribution is 5.74. The van der Waals surface area contributed by atoms with Crippen molar-refractivity contribution in [1.29, 1.82) is 0 Å². The smallest absolute Gasteiger partial charge is 0.335 e. The highest BCUT2D eigenvalue weighted by Gasteiger charge is 2.37. The van der Waals surface area contributed by atoms with Gasteiger partial charge >= 0.3 is 5.97 Å². The summed E-state index contributed by atoms with van der Waals surface area (Å²) in [6.07, 6.45) is -1.98. The number of ether oxygens (including phenoxy) is 2. The van der Waals surface area contributed by atoms with E-state index in [-0.39, 0.29) is 13.0 Å². The lowest BCUT2D eigenvalue weighted by molar-refractivity contribution is -0.153. The molecule has 1 aliphatic heterocycles. The maximum absolute atomic E-state index is 11.0. The number of rotatable bonds is 3. The number of esters is 1. The lowest BCUT2D eigenvalue weighted by Crippen LogP contribution is -2.25. The Kier molecular flexibility index (Phi) is 3.70. The molecule has 1 rings (SSSR count). The molecule has 1 fully saturated rings. The predicted octanol–water partition coefficient (Wildman–Crippen LogP) is -0.0119. The van der Waals surface area contributed by atoms with Crippen LogP contribution in [0.3, 0.4) is 0 Å². The summed E-state index contributed by atoms with van der Waals surface area (Å²) >= 11 is 0. The standard InChI is InChI=1S/C7H11N3O4/c1-13-7(12)5-2-4(11)6(14-5)3-9-10-8/h4-6,11H,2-3H2,1H3/t4-,5+,6+/m0/s1. The largest absolute Gasteiger partial charge is 0.467 e. The van der Waals surface area contributed by atoms with Crippen LogP contribution in [0.15, 0.2) is 5.11 Å². The Morgan fingerprint density at radius 3 is 3.14 bits per heavy atom. The molecule has 0 unspecified atom stereocenters. The summed E-state index contributed by atoms with van der Waals surface area (Å²) in [6.45, 7) is 0.0190. The van der Waals surface area contributed by atoms with Gasteiger partial charge in [-0.2, -0.15) is 0 Å². The summed E-state index contributed by atoms with van der Waals surface area (Å²) in [5.74, 6) is -0.521. The van der Waals surface area contributed by atoms with E-state index in [9.17, 15) is 9.90 Å². The molecule has 0 amide bonds. The van der Waals surface area contributed by atoms with Crippen molar-refractivity contribution in [3.63, 3.8) is 0 Å². The van der Waals surface area contributed by atoms with Crippen LogP contribution in [-0.4, -0.2) is 43.0 Å². The van der Waals surface area contributed by atoms with E-state index in [0.717, 1.165) is 0 Å². The van der Waals surface area contributed by atoms with E-state index in [1.807, 2.05) is 0 Å². The first kappa shape index (κ1) is 10.8. The number of carbonyl (C=O) groups excluding carboxylic acids is 1. The molecule has 0 aliphatic carbocycles. The zero-order chi connectivity index (χ0) is 10.6. The monoisotopic (exact) mass is 201 g/mol. The molecule has 3 atom stereocenters. The molecule has 1 N–H and O–H groups in total. The Hall–Kier alpha value is -1.30. The minimum Gasteiger partial charge on any atom is -0.467 e. The van der Waals surface area contributed by atoms with Gasteiger partial charge in [-0.1, -0.05) is 5.11 Å². The van der Waals surface area contributed by atoms with E-state index in [2.05, 4.69) is 14.8 Å². The summed E-state index contributed by atoms with van der Waals surface area (Å²) < 4.78 is 9.60. The zero-order valence-corrected chi connectivity index (χ0v) is 7.66. The highest BCUT2D eigenvalue weighted by Crippen LogP contribution is 2.21.